The number of aliphatic hydroxyl groups excluding tert-OH is 1. The first-order chi connectivity index (χ1) is 13.0. The zero-order valence-electron chi connectivity index (χ0n) is 16.2. The van der Waals surface area contributed by atoms with Gasteiger partial charge in [-0.25, -0.2) is 4.98 Å². The Balaban J connectivity index is 1.97. The lowest BCUT2D eigenvalue weighted by atomic mass is 10.0. The van der Waals surface area contributed by atoms with Gasteiger partial charge in [-0.05, 0) is 30.0 Å². The molecule has 3 rings (SSSR count). The number of pyridine rings is 1. The SMILES string of the molecule is Cc1cccn2c(=O)cc(CN(Cc3ccccc3)C(CO)C(C)C)nc12. The van der Waals surface area contributed by atoms with Crippen molar-refractivity contribution in [2.45, 2.75) is 39.9 Å². The van der Waals surface area contributed by atoms with Crippen molar-refractivity contribution in [2.75, 3.05) is 6.61 Å². The molecule has 0 spiro atoms. The summed E-state index contributed by atoms with van der Waals surface area (Å²) in [5.74, 6) is 0.280. The van der Waals surface area contributed by atoms with Gasteiger partial charge in [-0.15, -0.1) is 0 Å². The molecule has 1 aromatic carbocycles. The molecule has 27 heavy (non-hydrogen) atoms. The monoisotopic (exact) mass is 365 g/mol. The van der Waals surface area contributed by atoms with Crippen LogP contribution in [0.5, 0.6) is 0 Å². The molecule has 0 bridgehead atoms. The molecule has 2 aromatic heterocycles. The summed E-state index contributed by atoms with van der Waals surface area (Å²) in [6.45, 7) is 7.43. The van der Waals surface area contributed by atoms with Gasteiger partial charge in [0.2, 0.25) is 0 Å². The lowest BCUT2D eigenvalue weighted by Crippen LogP contribution is -2.41. The highest BCUT2D eigenvalue weighted by molar-refractivity contribution is 5.46. The molecule has 0 aliphatic carbocycles. The molecular weight excluding hydrogens is 338 g/mol. The van der Waals surface area contributed by atoms with Crippen LogP contribution in [0.1, 0.15) is 30.7 Å². The average Bonchev–Trinajstić information content (AvgIpc) is 2.64. The Morgan fingerprint density at radius 1 is 1.11 bits per heavy atom. The van der Waals surface area contributed by atoms with E-state index in [1.165, 1.54) is 5.56 Å². The molecule has 0 radical (unpaired) electrons. The molecule has 1 unspecified atom stereocenters. The van der Waals surface area contributed by atoms with Crippen LogP contribution in [0, 0.1) is 12.8 Å². The summed E-state index contributed by atoms with van der Waals surface area (Å²) in [5, 5.41) is 9.97. The molecule has 0 aliphatic rings. The molecule has 0 amide bonds. The van der Waals surface area contributed by atoms with E-state index < -0.39 is 0 Å². The fourth-order valence-electron chi connectivity index (χ4n) is 3.45. The van der Waals surface area contributed by atoms with Gasteiger partial charge in [0.25, 0.3) is 5.56 Å². The molecule has 0 fully saturated rings. The summed E-state index contributed by atoms with van der Waals surface area (Å²) in [4.78, 5) is 19.5. The van der Waals surface area contributed by atoms with Crippen LogP contribution < -0.4 is 5.56 Å². The van der Waals surface area contributed by atoms with E-state index in [1.807, 2.05) is 37.3 Å². The fraction of sp³-hybridized carbons (Fsp3) is 0.364. The minimum Gasteiger partial charge on any atom is -0.395 e. The van der Waals surface area contributed by atoms with Crippen molar-refractivity contribution in [2.24, 2.45) is 5.92 Å². The molecule has 0 saturated carbocycles. The molecule has 5 nitrogen and oxygen atoms in total. The Hall–Kier alpha value is -2.50. The van der Waals surface area contributed by atoms with Gasteiger partial charge < -0.3 is 5.11 Å². The topological polar surface area (TPSA) is 57.8 Å². The maximum atomic E-state index is 12.5. The minimum atomic E-state index is -0.0801. The lowest BCUT2D eigenvalue weighted by molar-refractivity contribution is 0.0774. The van der Waals surface area contributed by atoms with Crippen molar-refractivity contribution in [3.8, 4) is 0 Å². The summed E-state index contributed by atoms with van der Waals surface area (Å²) in [7, 11) is 0. The number of aromatic nitrogens is 2. The zero-order valence-corrected chi connectivity index (χ0v) is 16.2. The Bertz CT molecular complexity index is 951. The van der Waals surface area contributed by atoms with E-state index in [9.17, 15) is 9.90 Å². The number of nitrogens with zero attached hydrogens (tertiary/aromatic N) is 3. The van der Waals surface area contributed by atoms with Gasteiger partial charge in [0.15, 0.2) is 0 Å². The third kappa shape index (κ3) is 4.43. The smallest absolute Gasteiger partial charge is 0.258 e. The number of benzene rings is 1. The number of aliphatic hydroxyl groups is 1. The van der Waals surface area contributed by atoms with Gasteiger partial charge in [0.05, 0.1) is 12.3 Å². The van der Waals surface area contributed by atoms with E-state index in [0.29, 0.717) is 18.7 Å². The first-order valence-corrected chi connectivity index (χ1v) is 9.36. The molecule has 1 atom stereocenters. The Kier molecular flexibility index (Phi) is 6.04. The third-order valence-electron chi connectivity index (χ3n) is 4.96. The van der Waals surface area contributed by atoms with Crippen molar-refractivity contribution in [3.05, 3.63) is 81.9 Å². The Morgan fingerprint density at radius 2 is 1.85 bits per heavy atom. The van der Waals surface area contributed by atoms with Crippen molar-refractivity contribution < 1.29 is 5.11 Å². The Labute approximate surface area is 159 Å². The van der Waals surface area contributed by atoms with E-state index in [4.69, 9.17) is 4.98 Å². The van der Waals surface area contributed by atoms with Gasteiger partial charge in [-0.3, -0.25) is 14.1 Å². The standard InChI is InChI=1S/C22H27N3O2/c1-16(2)20(15-26)24(13-18-9-5-4-6-10-18)14-19-12-21(27)25-11-7-8-17(3)22(25)23-19/h4-12,16,20,26H,13-15H2,1-3H3. The van der Waals surface area contributed by atoms with Crippen molar-refractivity contribution in [3.63, 3.8) is 0 Å². The van der Waals surface area contributed by atoms with Crippen LogP contribution >= 0.6 is 0 Å². The summed E-state index contributed by atoms with van der Waals surface area (Å²) < 4.78 is 1.58. The van der Waals surface area contributed by atoms with Crippen LogP contribution in [0.15, 0.2) is 59.5 Å². The van der Waals surface area contributed by atoms with Crippen LogP contribution in [0.25, 0.3) is 5.65 Å². The highest BCUT2D eigenvalue weighted by Gasteiger charge is 2.22. The first-order valence-electron chi connectivity index (χ1n) is 9.36. The number of hydrogen-bond donors (Lipinski definition) is 1. The van der Waals surface area contributed by atoms with Gasteiger partial charge >= 0.3 is 0 Å². The van der Waals surface area contributed by atoms with Crippen LogP contribution in [-0.4, -0.2) is 32.0 Å². The number of hydrogen-bond acceptors (Lipinski definition) is 4. The minimum absolute atomic E-state index is 0.0117. The second-order valence-electron chi connectivity index (χ2n) is 7.36. The highest BCUT2D eigenvalue weighted by Crippen LogP contribution is 2.18. The molecule has 142 valence electrons. The second kappa shape index (κ2) is 8.46. The summed E-state index contributed by atoms with van der Waals surface area (Å²) in [6.07, 6.45) is 1.74. The second-order valence-corrected chi connectivity index (χ2v) is 7.36. The quantitative estimate of drug-likeness (QED) is 0.699. The van der Waals surface area contributed by atoms with Crippen molar-refractivity contribution in [1.29, 1.82) is 0 Å². The number of aryl methyl sites for hydroxylation is 1. The van der Waals surface area contributed by atoms with E-state index in [2.05, 4.69) is 30.9 Å². The lowest BCUT2D eigenvalue weighted by Gasteiger charge is -2.33. The Morgan fingerprint density at radius 3 is 2.52 bits per heavy atom. The van der Waals surface area contributed by atoms with Gasteiger partial charge in [-0.1, -0.05) is 50.2 Å². The largest absolute Gasteiger partial charge is 0.395 e. The maximum Gasteiger partial charge on any atom is 0.258 e. The zero-order chi connectivity index (χ0) is 19.4. The van der Waals surface area contributed by atoms with Crippen LogP contribution in [-0.2, 0) is 13.1 Å². The van der Waals surface area contributed by atoms with E-state index in [-0.39, 0.29) is 24.1 Å². The molecule has 5 heteroatoms. The predicted molar refractivity (Wildman–Crippen MR) is 108 cm³/mol. The molecule has 0 saturated heterocycles. The molecule has 2 heterocycles. The van der Waals surface area contributed by atoms with Gasteiger partial charge in [-0.2, -0.15) is 0 Å². The van der Waals surface area contributed by atoms with Gasteiger partial charge in [0.1, 0.15) is 5.65 Å². The molecular formula is C22H27N3O2. The summed E-state index contributed by atoms with van der Waals surface area (Å²) >= 11 is 0. The van der Waals surface area contributed by atoms with Crippen molar-refractivity contribution in [1.82, 2.24) is 14.3 Å². The van der Waals surface area contributed by atoms with E-state index in [0.717, 1.165) is 11.3 Å². The predicted octanol–water partition coefficient (Wildman–Crippen LogP) is 3.02. The number of fused-ring (bicyclic) bond motifs is 1. The number of rotatable bonds is 7. The van der Waals surface area contributed by atoms with Gasteiger partial charge in [0, 0.05) is 31.4 Å². The normalized spacial score (nSPS) is 12.8. The maximum absolute atomic E-state index is 12.5. The average molecular weight is 365 g/mol. The first kappa shape index (κ1) is 19.3. The highest BCUT2D eigenvalue weighted by atomic mass is 16.3. The fourth-order valence-corrected chi connectivity index (χ4v) is 3.45. The van der Waals surface area contributed by atoms with Crippen LogP contribution in [0.4, 0.5) is 0 Å². The third-order valence-corrected chi connectivity index (χ3v) is 4.96. The van der Waals surface area contributed by atoms with Crippen molar-refractivity contribution >= 4 is 5.65 Å². The molecule has 3 aromatic rings. The molecule has 1 N–H and O–H groups in total. The summed E-state index contributed by atoms with van der Waals surface area (Å²) in [5.41, 5.74) is 3.47. The summed E-state index contributed by atoms with van der Waals surface area (Å²) in [6, 6.07) is 15.6. The van der Waals surface area contributed by atoms with E-state index in [1.54, 1.807) is 16.7 Å². The van der Waals surface area contributed by atoms with Crippen LogP contribution in [0.3, 0.4) is 0 Å². The molecule has 0 aliphatic heterocycles. The van der Waals surface area contributed by atoms with E-state index >= 15 is 0 Å². The van der Waals surface area contributed by atoms with Crippen LogP contribution in [0.2, 0.25) is 0 Å².